The second-order valence-corrected chi connectivity index (χ2v) is 3.51. The summed E-state index contributed by atoms with van der Waals surface area (Å²) >= 11 is 4.89. The zero-order valence-corrected chi connectivity index (χ0v) is 9.50. The Morgan fingerprint density at radius 3 is 2.93 bits per heavy atom. The Hall–Kier alpha value is -1.20. The van der Waals surface area contributed by atoms with Crippen molar-refractivity contribution in [1.29, 1.82) is 0 Å². The first kappa shape index (κ1) is 11.9. The van der Waals surface area contributed by atoms with Crippen molar-refractivity contribution in [3.05, 3.63) is 23.9 Å². The Kier molecular flexibility index (Phi) is 4.45. The van der Waals surface area contributed by atoms with Crippen LogP contribution in [-0.4, -0.2) is 34.8 Å². The van der Waals surface area contributed by atoms with Crippen molar-refractivity contribution in [1.82, 2.24) is 4.98 Å². The Morgan fingerprint density at radius 2 is 2.40 bits per heavy atom. The predicted molar refractivity (Wildman–Crippen MR) is 65.1 cm³/mol. The van der Waals surface area contributed by atoms with E-state index in [1.165, 1.54) is 0 Å². The zero-order chi connectivity index (χ0) is 11.3. The van der Waals surface area contributed by atoms with Gasteiger partial charge in [-0.15, -0.1) is 0 Å². The molecule has 1 rings (SSSR count). The van der Waals surface area contributed by atoms with Crippen LogP contribution in [0.5, 0.6) is 0 Å². The van der Waals surface area contributed by atoms with E-state index in [1.54, 1.807) is 12.3 Å². The van der Waals surface area contributed by atoms with Gasteiger partial charge in [0, 0.05) is 24.8 Å². The fourth-order valence-corrected chi connectivity index (χ4v) is 1.43. The topological polar surface area (TPSA) is 62.4 Å². The lowest BCUT2D eigenvalue weighted by atomic mass is 10.2. The highest BCUT2D eigenvalue weighted by atomic mass is 32.1. The van der Waals surface area contributed by atoms with Crippen LogP contribution >= 0.6 is 12.2 Å². The van der Waals surface area contributed by atoms with E-state index in [0.717, 1.165) is 17.9 Å². The average Bonchev–Trinajstić information content (AvgIpc) is 2.26. The van der Waals surface area contributed by atoms with Gasteiger partial charge in [0.05, 0.1) is 6.61 Å². The molecular weight excluding hydrogens is 210 g/mol. The van der Waals surface area contributed by atoms with E-state index in [4.69, 9.17) is 23.1 Å². The minimum absolute atomic E-state index is 0.104. The van der Waals surface area contributed by atoms with E-state index in [9.17, 15) is 0 Å². The summed E-state index contributed by atoms with van der Waals surface area (Å²) in [6.45, 7) is 3.45. The van der Waals surface area contributed by atoms with Crippen molar-refractivity contribution in [3.63, 3.8) is 0 Å². The molecule has 1 heterocycles. The molecule has 0 aliphatic heterocycles. The van der Waals surface area contributed by atoms with Crippen molar-refractivity contribution in [2.45, 2.75) is 6.92 Å². The number of hydrogen-bond donors (Lipinski definition) is 2. The predicted octanol–water partition coefficient (Wildman–Crippen LogP) is 0.534. The standard InChI is InChI=1S/C10H15N3OS/c1-2-13(5-6-14)9-7-8(10(11)15)3-4-12-9/h3-4,7,14H,2,5-6H2,1H3,(H2,11,15). The van der Waals surface area contributed by atoms with Crippen LogP contribution < -0.4 is 10.6 Å². The Morgan fingerprint density at radius 1 is 1.67 bits per heavy atom. The van der Waals surface area contributed by atoms with Crippen LogP contribution in [0.15, 0.2) is 18.3 Å². The number of aliphatic hydroxyl groups excluding tert-OH is 1. The molecule has 0 bridgehead atoms. The largest absolute Gasteiger partial charge is 0.395 e. The molecule has 4 nitrogen and oxygen atoms in total. The van der Waals surface area contributed by atoms with Gasteiger partial charge in [-0.05, 0) is 19.1 Å². The number of anilines is 1. The maximum Gasteiger partial charge on any atom is 0.129 e. The van der Waals surface area contributed by atoms with Crippen molar-refractivity contribution < 1.29 is 5.11 Å². The Labute approximate surface area is 94.7 Å². The second kappa shape index (κ2) is 5.63. The van der Waals surface area contributed by atoms with Gasteiger partial charge in [-0.3, -0.25) is 0 Å². The van der Waals surface area contributed by atoms with Gasteiger partial charge in [0.1, 0.15) is 10.8 Å². The smallest absolute Gasteiger partial charge is 0.129 e. The Balaban J connectivity index is 2.92. The van der Waals surface area contributed by atoms with Gasteiger partial charge in [0.25, 0.3) is 0 Å². The van der Waals surface area contributed by atoms with E-state index >= 15 is 0 Å². The number of thiocarbonyl (C=S) groups is 1. The molecule has 0 spiro atoms. The SMILES string of the molecule is CCN(CCO)c1cc(C(N)=S)ccn1. The van der Waals surface area contributed by atoms with E-state index in [2.05, 4.69) is 4.98 Å². The number of nitrogens with two attached hydrogens (primary N) is 1. The molecule has 82 valence electrons. The summed E-state index contributed by atoms with van der Waals surface area (Å²) in [6.07, 6.45) is 1.67. The Bertz CT molecular complexity index is 343. The van der Waals surface area contributed by atoms with Gasteiger partial charge in [-0.2, -0.15) is 0 Å². The fourth-order valence-electron chi connectivity index (χ4n) is 1.30. The molecule has 15 heavy (non-hydrogen) atoms. The normalized spacial score (nSPS) is 10.0. The molecule has 5 heteroatoms. The summed E-state index contributed by atoms with van der Waals surface area (Å²) in [5.41, 5.74) is 6.33. The minimum Gasteiger partial charge on any atom is -0.395 e. The molecule has 0 saturated carbocycles. The highest BCUT2D eigenvalue weighted by Gasteiger charge is 2.06. The van der Waals surface area contributed by atoms with Crippen LogP contribution in [0.2, 0.25) is 0 Å². The van der Waals surface area contributed by atoms with Gasteiger partial charge < -0.3 is 15.7 Å². The van der Waals surface area contributed by atoms with E-state index in [0.29, 0.717) is 11.5 Å². The van der Waals surface area contributed by atoms with Crippen LogP contribution in [-0.2, 0) is 0 Å². The number of nitrogens with zero attached hydrogens (tertiary/aromatic N) is 2. The maximum absolute atomic E-state index is 8.89. The molecule has 0 atom stereocenters. The average molecular weight is 225 g/mol. The summed E-state index contributed by atoms with van der Waals surface area (Å²) in [5, 5.41) is 8.89. The van der Waals surface area contributed by atoms with Crippen LogP contribution in [0.1, 0.15) is 12.5 Å². The highest BCUT2D eigenvalue weighted by molar-refractivity contribution is 7.80. The zero-order valence-electron chi connectivity index (χ0n) is 8.68. The first-order valence-electron chi connectivity index (χ1n) is 4.80. The third-order valence-electron chi connectivity index (χ3n) is 2.11. The van der Waals surface area contributed by atoms with Gasteiger partial charge in [-0.1, -0.05) is 12.2 Å². The molecule has 1 aromatic rings. The molecule has 0 saturated heterocycles. The lowest BCUT2D eigenvalue weighted by Crippen LogP contribution is -2.27. The second-order valence-electron chi connectivity index (χ2n) is 3.07. The molecule has 0 aromatic carbocycles. The monoisotopic (exact) mass is 225 g/mol. The van der Waals surface area contributed by atoms with E-state index in [1.807, 2.05) is 17.9 Å². The summed E-state index contributed by atoms with van der Waals surface area (Å²) < 4.78 is 0. The lowest BCUT2D eigenvalue weighted by molar-refractivity contribution is 0.302. The number of aliphatic hydroxyl groups is 1. The first-order valence-corrected chi connectivity index (χ1v) is 5.21. The number of rotatable bonds is 5. The van der Waals surface area contributed by atoms with Crippen molar-refractivity contribution in [2.75, 3.05) is 24.6 Å². The first-order chi connectivity index (χ1) is 7.19. The van der Waals surface area contributed by atoms with Crippen molar-refractivity contribution >= 4 is 23.0 Å². The lowest BCUT2D eigenvalue weighted by Gasteiger charge is -2.20. The third kappa shape index (κ3) is 3.14. The maximum atomic E-state index is 8.89. The molecule has 0 fully saturated rings. The molecule has 0 unspecified atom stereocenters. The van der Waals surface area contributed by atoms with Crippen molar-refractivity contribution in [2.24, 2.45) is 5.73 Å². The van der Waals surface area contributed by atoms with Gasteiger partial charge in [0.2, 0.25) is 0 Å². The van der Waals surface area contributed by atoms with Crippen molar-refractivity contribution in [3.8, 4) is 0 Å². The van der Waals surface area contributed by atoms with E-state index in [-0.39, 0.29) is 6.61 Å². The molecule has 1 aromatic heterocycles. The summed E-state index contributed by atoms with van der Waals surface area (Å²) in [5.74, 6) is 0.789. The molecule has 0 amide bonds. The van der Waals surface area contributed by atoms with Crippen LogP contribution in [0, 0.1) is 0 Å². The summed E-state index contributed by atoms with van der Waals surface area (Å²) in [4.78, 5) is 6.53. The quantitative estimate of drug-likeness (QED) is 0.716. The van der Waals surface area contributed by atoms with Crippen LogP contribution in [0.4, 0.5) is 5.82 Å². The summed E-state index contributed by atoms with van der Waals surface area (Å²) in [6, 6.07) is 3.61. The minimum atomic E-state index is 0.104. The van der Waals surface area contributed by atoms with E-state index < -0.39 is 0 Å². The molecule has 0 aliphatic rings. The number of pyridine rings is 1. The fraction of sp³-hybridized carbons (Fsp3) is 0.400. The number of hydrogen-bond acceptors (Lipinski definition) is 4. The van der Waals surface area contributed by atoms with Crippen LogP contribution in [0.25, 0.3) is 0 Å². The van der Waals surface area contributed by atoms with Gasteiger partial charge >= 0.3 is 0 Å². The molecule has 0 aliphatic carbocycles. The highest BCUT2D eigenvalue weighted by Crippen LogP contribution is 2.11. The van der Waals surface area contributed by atoms with Crippen LogP contribution in [0.3, 0.4) is 0 Å². The van der Waals surface area contributed by atoms with Gasteiger partial charge in [0.15, 0.2) is 0 Å². The van der Waals surface area contributed by atoms with Gasteiger partial charge in [-0.25, -0.2) is 4.98 Å². The molecule has 3 N–H and O–H groups in total. The molecule has 0 radical (unpaired) electrons. The summed E-state index contributed by atoms with van der Waals surface area (Å²) in [7, 11) is 0. The molecular formula is C10H15N3OS. The number of likely N-dealkylation sites (N-methyl/N-ethyl adjacent to an activating group) is 1. The number of aromatic nitrogens is 1. The third-order valence-corrected chi connectivity index (χ3v) is 2.34.